The zero-order valence-corrected chi connectivity index (χ0v) is 10.3. The Balaban J connectivity index is 1.95. The summed E-state index contributed by atoms with van der Waals surface area (Å²) in [6, 6.07) is 7.24. The van der Waals surface area contributed by atoms with Crippen molar-refractivity contribution in [3.05, 3.63) is 24.3 Å². The summed E-state index contributed by atoms with van der Waals surface area (Å²) < 4.78 is 0. The van der Waals surface area contributed by atoms with Gasteiger partial charge < -0.3 is 10.6 Å². The highest BCUT2D eigenvalue weighted by Gasteiger charge is 2.26. The quantitative estimate of drug-likeness (QED) is 0.802. The van der Waals surface area contributed by atoms with Gasteiger partial charge in [0.15, 0.2) is 0 Å². The maximum absolute atomic E-state index is 11.8. The lowest BCUT2D eigenvalue weighted by Crippen LogP contribution is -2.37. The summed E-state index contributed by atoms with van der Waals surface area (Å²) in [7, 11) is 0. The Bertz CT molecular complexity index is 431. The monoisotopic (exact) mass is 250 g/mol. The van der Waals surface area contributed by atoms with Crippen LogP contribution in [0.25, 0.3) is 0 Å². The molecule has 1 atom stereocenters. The second-order valence-electron chi connectivity index (χ2n) is 3.88. The van der Waals surface area contributed by atoms with Crippen molar-refractivity contribution in [2.45, 2.75) is 23.8 Å². The number of hydrogen-bond acceptors (Lipinski definition) is 3. The van der Waals surface area contributed by atoms with E-state index < -0.39 is 0 Å². The van der Waals surface area contributed by atoms with E-state index in [1.165, 1.54) is 0 Å². The number of benzene rings is 1. The van der Waals surface area contributed by atoms with Crippen molar-refractivity contribution in [2.24, 2.45) is 0 Å². The Morgan fingerprint density at radius 2 is 2.12 bits per heavy atom. The highest BCUT2D eigenvalue weighted by molar-refractivity contribution is 7.98. The topological polar surface area (TPSA) is 58.2 Å². The molecule has 0 saturated carbocycles. The van der Waals surface area contributed by atoms with Gasteiger partial charge in [-0.25, -0.2) is 0 Å². The molecule has 2 N–H and O–H groups in total. The molecule has 1 fully saturated rings. The van der Waals surface area contributed by atoms with Crippen molar-refractivity contribution in [3.63, 3.8) is 0 Å². The van der Waals surface area contributed by atoms with E-state index in [0.29, 0.717) is 12.8 Å². The average molecular weight is 250 g/mol. The Kier molecular flexibility index (Phi) is 3.68. The van der Waals surface area contributed by atoms with E-state index in [-0.39, 0.29) is 17.9 Å². The summed E-state index contributed by atoms with van der Waals surface area (Å²) >= 11 is 1.65. The highest BCUT2D eigenvalue weighted by Crippen LogP contribution is 2.18. The minimum Gasteiger partial charge on any atom is -0.344 e. The first-order chi connectivity index (χ1) is 8.19. The molecular formula is C12H14N2O2S. The molecule has 5 heteroatoms. The molecule has 0 spiro atoms. The van der Waals surface area contributed by atoms with Crippen molar-refractivity contribution in [1.82, 2.24) is 5.32 Å². The molecular weight excluding hydrogens is 236 g/mol. The molecule has 1 aliphatic rings. The van der Waals surface area contributed by atoms with Crippen LogP contribution in [0.3, 0.4) is 0 Å². The van der Waals surface area contributed by atoms with Gasteiger partial charge in [-0.15, -0.1) is 11.8 Å². The molecule has 1 aliphatic heterocycles. The first-order valence-electron chi connectivity index (χ1n) is 5.43. The lowest BCUT2D eigenvalue weighted by Gasteiger charge is -2.11. The van der Waals surface area contributed by atoms with Crippen molar-refractivity contribution in [2.75, 3.05) is 11.6 Å². The summed E-state index contributed by atoms with van der Waals surface area (Å²) in [6.07, 6.45) is 3.01. The Morgan fingerprint density at radius 1 is 1.41 bits per heavy atom. The van der Waals surface area contributed by atoms with Gasteiger partial charge in [-0.2, -0.15) is 0 Å². The van der Waals surface area contributed by atoms with Crippen molar-refractivity contribution in [1.29, 1.82) is 0 Å². The van der Waals surface area contributed by atoms with Crippen molar-refractivity contribution >= 4 is 29.3 Å². The van der Waals surface area contributed by atoms with Gasteiger partial charge in [-0.1, -0.05) is 0 Å². The van der Waals surface area contributed by atoms with E-state index >= 15 is 0 Å². The van der Waals surface area contributed by atoms with E-state index in [1.54, 1.807) is 11.8 Å². The lowest BCUT2D eigenvalue weighted by molar-refractivity contribution is -0.122. The molecule has 0 radical (unpaired) electrons. The fraction of sp³-hybridized carbons (Fsp3) is 0.333. The summed E-state index contributed by atoms with van der Waals surface area (Å²) in [6.45, 7) is 0. The molecule has 1 aromatic rings. The maximum Gasteiger partial charge on any atom is 0.246 e. The summed E-state index contributed by atoms with van der Waals surface area (Å²) in [4.78, 5) is 23.9. The molecule has 1 aromatic carbocycles. The lowest BCUT2D eigenvalue weighted by atomic mass is 10.2. The molecule has 0 aromatic heterocycles. The fourth-order valence-corrected chi connectivity index (χ4v) is 2.12. The minimum atomic E-state index is -0.386. The number of rotatable bonds is 3. The highest BCUT2D eigenvalue weighted by atomic mass is 32.2. The molecule has 0 unspecified atom stereocenters. The first kappa shape index (κ1) is 12.0. The number of carbonyl (C=O) groups is 2. The van der Waals surface area contributed by atoms with Crippen LogP contribution in [0.15, 0.2) is 29.2 Å². The summed E-state index contributed by atoms with van der Waals surface area (Å²) in [5.74, 6) is -0.198. The number of anilines is 1. The molecule has 4 nitrogen and oxygen atoms in total. The molecule has 90 valence electrons. The maximum atomic E-state index is 11.8. The Hall–Kier alpha value is -1.49. The van der Waals surface area contributed by atoms with Gasteiger partial charge in [0.2, 0.25) is 11.8 Å². The van der Waals surface area contributed by atoms with E-state index in [0.717, 1.165) is 10.6 Å². The van der Waals surface area contributed by atoms with Crippen LogP contribution in [0.4, 0.5) is 5.69 Å². The number of thioether (sulfide) groups is 1. The zero-order chi connectivity index (χ0) is 12.3. The standard InChI is InChI=1S/C12H14N2O2S/c1-17-9-4-2-8(3-5-9)13-12(16)10-6-7-11(15)14-10/h2-5,10H,6-7H2,1H3,(H,13,16)(H,14,15)/t10-/m0/s1. The first-order valence-corrected chi connectivity index (χ1v) is 6.66. The second kappa shape index (κ2) is 5.23. The number of nitrogens with one attached hydrogen (secondary N) is 2. The van der Waals surface area contributed by atoms with Crippen LogP contribution < -0.4 is 10.6 Å². The van der Waals surface area contributed by atoms with Gasteiger partial charge in [0, 0.05) is 17.0 Å². The normalized spacial score (nSPS) is 18.9. The van der Waals surface area contributed by atoms with Gasteiger partial charge in [0.05, 0.1) is 0 Å². The van der Waals surface area contributed by atoms with Crippen LogP contribution in [-0.4, -0.2) is 24.1 Å². The summed E-state index contributed by atoms with van der Waals surface area (Å²) in [5, 5.41) is 5.43. The summed E-state index contributed by atoms with van der Waals surface area (Å²) in [5.41, 5.74) is 0.758. The van der Waals surface area contributed by atoms with Gasteiger partial charge in [-0.05, 0) is 36.9 Å². The number of carbonyl (C=O) groups excluding carboxylic acids is 2. The molecule has 1 heterocycles. The fourth-order valence-electron chi connectivity index (χ4n) is 1.71. The predicted molar refractivity (Wildman–Crippen MR) is 68.0 cm³/mol. The van der Waals surface area contributed by atoms with E-state index in [9.17, 15) is 9.59 Å². The third-order valence-corrected chi connectivity index (χ3v) is 3.41. The zero-order valence-electron chi connectivity index (χ0n) is 9.53. The predicted octanol–water partition coefficient (Wildman–Crippen LogP) is 1.63. The van der Waals surface area contributed by atoms with Crippen molar-refractivity contribution < 1.29 is 9.59 Å². The van der Waals surface area contributed by atoms with Crippen LogP contribution in [0.5, 0.6) is 0 Å². The largest absolute Gasteiger partial charge is 0.344 e. The Labute approximate surface area is 104 Å². The van der Waals surface area contributed by atoms with Crippen LogP contribution in [0.1, 0.15) is 12.8 Å². The molecule has 2 rings (SSSR count). The third-order valence-electron chi connectivity index (χ3n) is 2.67. The number of amides is 2. The molecule has 17 heavy (non-hydrogen) atoms. The molecule has 0 aliphatic carbocycles. The SMILES string of the molecule is CSc1ccc(NC(=O)[C@@H]2CCC(=O)N2)cc1. The average Bonchev–Trinajstić information content (AvgIpc) is 2.77. The van der Waals surface area contributed by atoms with Crippen LogP contribution in [0.2, 0.25) is 0 Å². The van der Waals surface area contributed by atoms with Crippen LogP contribution >= 0.6 is 11.8 Å². The van der Waals surface area contributed by atoms with Gasteiger partial charge in [-0.3, -0.25) is 9.59 Å². The molecule has 0 bridgehead atoms. The van der Waals surface area contributed by atoms with E-state index in [2.05, 4.69) is 10.6 Å². The smallest absolute Gasteiger partial charge is 0.246 e. The Morgan fingerprint density at radius 3 is 2.65 bits per heavy atom. The molecule has 2 amide bonds. The van der Waals surface area contributed by atoms with E-state index in [4.69, 9.17) is 0 Å². The minimum absolute atomic E-state index is 0.0529. The van der Waals surface area contributed by atoms with E-state index in [1.807, 2.05) is 30.5 Å². The van der Waals surface area contributed by atoms with Gasteiger partial charge in [0.1, 0.15) is 6.04 Å². The van der Waals surface area contributed by atoms with Crippen molar-refractivity contribution in [3.8, 4) is 0 Å². The van der Waals surface area contributed by atoms with Gasteiger partial charge in [0.25, 0.3) is 0 Å². The van der Waals surface area contributed by atoms with Gasteiger partial charge >= 0.3 is 0 Å². The second-order valence-corrected chi connectivity index (χ2v) is 4.76. The van der Waals surface area contributed by atoms with Crippen LogP contribution in [0, 0.1) is 0 Å². The third kappa shape index (κ3) is 3.00. The number of hydrogen-bond donors (Lipinski definition) is 2. The molecule has 1 saturated heterocycles. The van der Waals surface area contributed by atoms with Crippen LogP contribution in [-0.2, 0) is 9.59 Å².